The van der Waals surface area contributed by atoms with Crippen molar-refractivity contribution in [2.75, 3.05) is 26.2 Å². The van der Waals surface area contributed by atoms with Gasteiger partial charge in [0.2, 0.25) is 5.91 Å². The number of unbranched alkanes of at least 4 members (excludes halogenated alkanes) is 2. The third-order valence-electron chi connectivity index (χ3n) is 13.3. The third kappa shape index (κ3) is 14.2. The van der Waals surface area contributed by atoms with Crippen LogP contribution in [-0.4, -0.2) is 216 Å². The minimum Gasteiger partial charge on any atom is -0.389 e. The number of nitrogens with one attached hydrogen (secondary N) is 1. The van der Waals surface area contributed by atoms with Crippen molar-refractivity contribution >= 4 is 40.3 Å². The van der Waals surface area contributed by atoms with Crippen molar-refractivity contribution in [3.8, 4) is 10.7 Å². The fraction of sp³-hybridized carbons (Fsp3) is 0.744. The van der Waals surface area contributed by atoms with E-state index in [-0.39, 0.29) is 56.5 Å². The highest BCUT2D eigenvalue weighted by atomic mass is 32.1. The van der Waals surface area contributed by atoms with E-state index in [1.807, 2.05) is 5.38 Å². The van der Waals surface area contributed by atoms with Crippen molar-refractivity contribution in [3.05, 3.63) is 33.4 Å². The van der Waals surface area contributed by atoms with E-state index in [0.717, 1.165) is 17.8 Å². The van der Waals surface area contributed by atoms with Gasteiger partial charge in [-0.3, -0.25) is 14.6 Å². The van der Waals surface area contributed by atoms with Gasteiger partial charge in [0.15, 0.2) is 30.6 Å². The summed E-state index contributed by atoms with van der Waals surface area (Å²) in [4.78, 5) is 38.7. The molecule has 23 N–H and O–H groups in total. The van der Waals surface area contributed by atoms with Crippen LogP contribution in [0, 0.1) is 0 Å². The normalized spacial score (nSPS) is 35.4. The van der Waals surface area contributed by atoms with Crippen LogP contribution in [0.25, 0.3) is 10.7 Å². The van der Waals surface area contributed by atoms with Crippen LogP contribution in [0.1, 0.15) is 59.7 Å². The SMILES string of the molecule is NCC1OC(OC2C(Cn3cc(CCC(=O)NCCc4nc(-c5nc(C(=O)CCCCCN=C(N)N)cs5)cs4)nn3)OC(OC3C(O)C(N)CC(N)C3OC3OC(CN)C(O)C(O)C3N)C2O)C(N)C(O)C1O. The number of rotatable bonds is 24. The molecule has 19 atom stereocenters. The Labute approximate surface area is 433 Å². The number of aromatic nitrogens is 5. The Balaban J connectivity index is 0.946. The van der Waals surface area contributed by atoms with Crippen LogP contribution in [0.15, 0.2) is 21.9 Å². The van der Waals surface area contributed by atoms with Crippen LogP contribution in [0.3, 0.4) is 0 Å². The summed E-state index contributed by atoms with van der Waals surface area (Å²) in [6.07, 6.45) is -15.6. The van der Waals surface area contributed by atoms with Gasteiger partial charge in [0.05, 0.1) is 35.4 Å². The Bertz CT molecular complexity index is 2290. The monoisotopic (exact) mass is 1090 g/mol. The number of aliphatic hydroxyl groups is 6. The summed E-state index contributed by atoms with van der Waals surface area (Å²) in [7, 11) is 0. The molecule has 31 heteroatoms. The summed E-state index contributed by atoms with van der Waals surface area (Å²) < 4.78 is 37.9. The molecule has 0 bridgehead atoms. The molecular weight excluding hydrogens is 1010 g/mol. The maximum absolute atomic E-state index is 12.9. The lowest BCUT2D eigenvalue weighted by Gasteiger charge is -2.47. The van der Waals surface area contributed by atoms with Gasteiger partial charge in [-0.1, -0.05) is 11.6 Å². The lowest BCUT2D eigenvalue weighted by Crippen LogP contribution is -2.68. The molecule has 1 aliphatic carbocycles. The van der Waals surface area contributed by atoms with Gasteiger partial charge in [-0.25, -0.2) is 14.6 Å². The Morgan fingerprint density at radius 2 is 1.38 bits per heavy atom. The van der Waals surface area contributed by atoms with Gasteiger partial charge in [0.25, 0.3) is 0 Å². The van der Waals surface area contributed by atoms with Crippen molar-refractivity contribution in [1.82, 2.24) is 30.3 Å². The highest BCUT2D eigenvalue weighted by Gasteiger charge is 2.54. The number of carbonyl (C=O) groups excluding carboxylic acids is 2. The quantitative estimate of drug-likeness (QED) is 0.0172. The van der Waals surface area contributed by atoms with Crippen LogP contribution in [0.2, 0.25) is 0 Å². The number of thiazole rings is 2. The summed E-state index contributed by atoms with van der Waals surface area (Å²) >= 11 is 2.77. The van der Waals surface area contributed by atoms with E-state index in [0.29, 0.717) is 54.4 Å². The Morgan fingerprint density at radius 1 is 0.730 bits per heavy atom. The van der Waals surface area contributed by atoms with Crippen molar-refractivity contribution in [2.45, 2.75) is 174 Å². The molecule has 6 heterocycles. The maximum atomic E-state index is 12.9. The van der Waals surface area contributed by atoms with Crippen LogP contribution in [0.5, 0.6) is 0 Å². The molecule has 3 saturated heterocycles. The molecule has 4 aliphatic rings. The second-order valence-electron chi connectivity index (χ2n) is 18.8. The molecule has 0 aromatic carbocycles. The molecule has 0 radical (unpaired) electrons. The van der Waals surface area contributed by atoms with E-state index < -0.39 is 116 Å². The average molecular weight is 1090 g/mol. The Kier molecular flexibility index (Phi) is 20.6. The van der Waals surface area contributed by atoms with E-state index in [1.54, 1.807) is 11.6 Å². The second kappa shape index (κ2) is 26.4. The Morgan fingerprint density at radius 3 is 2.04 bits per heavy atom. The lowest BCUT2D eigenvalue weighted by molar-refractivity contribution is -0.306. The van der Waals surface area contributed by atoms with E-state index in [1.165, 1.54) is 27.4 Å². The minimum absolute atomic E-state index is 0.0412. The first-order chi connectivity index (χ1) is 35.4. The van der Waals surface area contributed by atoms with E-state index in [9.17, 15) is 40.2 Å². The smallest absolute Gasteiger partial charge is 0.220 e. The predicted molar refractivity (Wildman–Crippen MR) is 263 cm³/mol. The highest BCUT2D eigenvalue weighted by molar-refractivity contribution is 7.14. The Hall–Kier alpha value is -3.91. The standard InChI is InChI=1S/C43H71N15O14S2/c44-11-23-31(62)33(64)28(48)40(67-23)70-36-19(47)10-18(46)30(61)38(36)72-42-35(66)37(71-41-29(49)34(65)32(63)24(12-45)68-41)25(69-42)14-58-13-17(56-57-58)5-6-26(60)52-9-7-27-54-21(16-73-27)39-55-20(15-74-39)22(59)4-2-1-3-8-53-43(50)51/h13,15-16,18-19,23-25,28-38,40-42,61-66H,1-12,14,44-49H2,(H,52,60)(H4,50,51,53). The molecule has 4 fully saturated rings. The molecule has 29 nitrogen and oxygen atoms in total. The molecule has 3 aliphatic heterocycles. The number of nitrogens with zero attached hydrogens (tertiary/aromatic N) is 6. The number of ketones is 1. The fourth-order valence-electron chi connectivity index (χ4n) is 9.06. The van der Waals surface area contributed by atoms with Crippen molar-refractivity contribution in [1.29, 1.82) is 0 Å². The first-order valence-corrected chi connectivity index (χ1v) is 26.2. The molecule has 74 heavy (non-hydrogen) atoms. The molecule has 1 amide bonds. The number of nitrogens with two attached hydrogens (primary N) is 8. The van der Waals surface area contributed by atoms with Gasteiger partial charge in [0, 0.05) is 80.9 Å². The van der Waals surface area contributed by atoms with E-state index in [2.05, 4.69) is 30.6 Å². The predicted octanol–water partition coefficient (Wildman–Crippen LogP) is -6.71. The highest BCUT2D eigenvalue weighted by Crippen LogP contribution is 2.35. The van der Waals surface area contributed by atoms with Crippen molar-refractivity contribution < 1.29 is 68.6 Å². The van der Waals surface area contributed by atoms with Gasteiger partial charge in [-0.2, -0.15) is 0 Å². The molecule has 7 rings (SSSR count). The number of aliphatic imine (C=N–C) groups is 1. The molecule has 3 aromatic heterocycles. The zero-order valence-corrected chi connectivity index (χ0v) is 42.1. The van der Waals surface area contributed by atoms with Crippen molar-refractivity contribution in [2.24, 2.45) is 50.9 Å². The molecule has 414 valence electrons. The molecule has 0 spiro atoms. The molecule has 1 saturated carbocycles. The summed E-state index contributed by atoms with van der Waals surface area (Å²) in [5.74, 6) is -0.233. The summed E-state index contributed by atoms with van der Waals surface area (Å²) in [6, 6.07) is -4.43. The topological polar surface area (TPSA) is 500 Å². The second-order valence-corrected chi connectivity index (χ2v) is 20.6. The number of amides is 1. The third-order valence-corrected chi connectivity index (χ3v) is 15.1. The number of hydrogen-bond donors (Lipinski definition) is 15. The van der Waals surface area contributed by atoms with Crippen LogP contribution in [0.4, 0.5) is 0 Å². The summed E-state index contributed by atoms with van der Waals surface area (Å²) in [6.45, 7) is 0.307. The minimum atomic E-state index is -1.67. The largest absolute Gasteiger partial charge is 0.389 e. The number of Topliss-reactive ketones (excluding diaryl/α,β-unsaturated/α-hetero) is 1. The molecular formula is C43H71N15O14S2. The van der Waals surface area contributed by atoms with Gasteiger partial charge < -0.3 is 110 Å². The zero-order valence-electron chi connectivity index (χ0n) is 40.5. The maximum Gasteiger partial charge on any atom is 0.220 e. The van der Waals surface area contributed by atoms with Crippen LogP contribution >= 0.6 is 22.7 Å². The number of carbonyl (C=O) groups is 2. The summed E-state index contributed by atoms with van der Waals surface area (Å²) in [5.41, 5.74) is 49.0. The number of aliphatic hydroxyl groups excluding tert-OH is 6. The van der Waals surface area contributed by atoms with Gasteiger partial charge in [-0.05, 0) is 19.3 Å². The van der Waals surface area contributed by atoms with Gasteiger partial charge >= 0.3 is 0 Å². The van der Waals surface area contributed by atoms with Crippen molar-refractivity contribution in [3.63, 3.8) is 0 Å². The van der Waals surface area contributed by atoms with Gasteiger partial charge in [0.1, 0.15) is 83.5 Å². The van der Waals surface area contributed by atoms with E-state index in [4.69, 9.17) is 74.3 Å². The van der Waals surface area contributed by atoms with Gasteiger partial charge in [-0.15, -0.1) is 27.8 Å². The first kappa shape index (κ1) is 57.8. The number of hydrogen-bond acceptors (Lipinski definition) is 27. The lowest BCUT2D eigenvalue weighted by atomic mass is 9.84. The number of aryl methyl sites for hydroxylation is 1. The fourth-order valence-corrected chi connectivity index (χ4v) is 10.7. The number of guanidine groups is 1. The zero-order chi connectivity index (χ0) is 53.4. The first-order valence-electron chi connectivity index (χ1n) is 24.5. The summed E-state index contributed by atoms with van der Waals surface area (Å²) in [5, 5.41) is 81.9. The van der Waals surface area contributed by atoms with E-state index >= 15 is 0 Å². The van der Waals surface area contributed by atoms with Crippen LogP contribution in [-0.2, 0) is 52.6 Å². The average Bonchev–Trinajstić information content (AvgIpc) is 4.21. The molecule has 3 aromatic rings. The molecule has 19 unspecified atom stereocenters. The van der Waals surface area contributed by atoms with Crippen LogP contribution < -0.4 is 51.2 Å². The number of ether oxygens (including phenoxy) is 6.